The quantitative estimate of drug-likeness (QED) is 0.511. The summed E-state index contributed by atoms with van der Waals surface area (Å²) in [5.74, 6) is 0.304. The number of hydrogen-bond donors (Lipinski definition) is 2. The number of nitrogens with two attached hydrogens (primary N) is 1. The lowest BCUT2D eigenvalue weighted by Crippen LogP contribution is -2.16. The SMILES string of the molecule is CCOCCCn1c(NC(=O)c2cccc(N)c2)nc2ccccc21. The second kappa shape index (κ2) is 7.81. The topological polar surface area (TPSA) is 82.2 Å². The number of aromatic nitrogens is 2. The molecule has 25 heavy (non-hydrogen) atoms. The molecule has 2 aromatic carbocycles. The molecule has 0 aliphatic heterocycles. The van der Waals surface area contributed by atoms with Gasteiger partial charge in [0.2, 0.25) is 5.95 Å². The van der Waals surface area contributed by atoms with E-state index in [0.717, 1.165) is 17.5 Å². The van der Waals surface area contributed by atoms with Crippen LogP contribution >= 0.6 is 0 Å². The van der Waals surface area contributed by atoms with E-state index in [4.69, 9.17) is 10.5 Å². The molecule has 0 radical (unpaired) electrons. The molecule has 0 fully saturated rings. The molecular formula is C19H22N4O2. The number of carbonyl (C=O) groups is 1. The fraction of sp³-hybridized carbons (Fsp3) is 0.263. The Morgan fingerprint density at radius 2 is 2.08 bits per heavy atom. The largest absolute Gasteiger partial charge is 0.399 e. The zero-order valence-corrected chi connectivity index (χ0v) is 14.2. The summed E-state index contributed by atoms with van der Waals surface area (Å²) >= 11 is 0. The molecule has 3 aromatic rings. The Morgan fingerprint density at radius 1 is 1.24 bits per heavy atom. The normalized spacial score (nSPS) is 10.9. The number of hydrogen-bond acceptors (Lipinski definition) is 4. The van der Waals surface area contributed by atoms with Crippen molar-refractivity contribution in [3.8, 4) is 0 Å². The van der Waals surface area contributed by atoms with E-state index < -0.39 is 0 Å². The van der Waals surface area contributed by atoms with Gasteiger partial charge in [-0.15, -0.1) is 0 Å². The fourth-order valence-corrected chi connectivity index (χ4v) is 2.72. The molecule has 0 aliphatic rings. The van der Waals surface area contributed by atoms with Crippen LogP contribution in [0, 0.1) is 0 Å². The first-order chi connectivity index (χ1) is 12.2. The Hall–Kier alpha value is -2.86. The number of nitrogens with one attached hydrogen (secondary N) is 1. The number of anilines is 2. The van der Waals surface area contributed by atoms with Crippen LogP contribution in [0.1, 0.15) is 23.7 Å². The standard InChI is InChI=1S/C19H22N4O2/c1-2-25-12-6-11-23-17-10-4-3-9-16(17)21-19(23)22-18(24)14-7-5-8-15(20)13-14/h3-5,7-10,13H,2,6,11-12,20H2,1H3,(H,21,22,24). The van der Waals surface area contributed by atoms with Gasteiger partial charge in [-0.3, -0.25) is 10.1 Å². The van der Waals surface area contributed by atoms with Gasteiger partial charge in [-0.2, -0.15) is 0 Å². The van der Waals surface area contributed by atoms with E-state index >= 15 is 0 Å². The number of fused-ring (bicyclic) bond motifs is 1. The molecule has 0 spiro atoms. The predicted octanol–water partition coefficient (Wildman–Crippen LogP) is 3.30. The zero-order chi connectivity index (χ0) is 17.6. The van der Waals surface area contributed by atoms with Gasteiger partial charge in [0, 0.05) is 31.0 Å². The molecule has 0 unspecified atom stereocenters. The molecule has 3 rings (SSSR count). The van der Waals surface area contributed by atoms with Crippen LogP contribution in [0.25, 0.3) is 11.0 Å². The number of amides is 1. The van der Waals surface area contributed by atoms with E-state index in [0.29, 0.717) is 37.0 Å². The molecule has 0 saturated heterocycles. The predicted molar refractivity (Wildman–Crippen MR) is 99.7 cm³/mol. The van der Waals surface area contributed by atoms with E-state index in [1.807, 2.05) is 35.8 Å². The fourth-order valence-electron chi connectivity index (χ4n) is 2.72. The number of para-hydroxylation sites is 2. The van der Waals surface area contributed by atoms with Gasteiger partial charge in [0.05, 0.1) is 11.0 Å². The van der Waals surface area contributed by atoms with Gasteiger partial charge in [0.15, 0.2) is 0 Å². The minimum absolute atomic E-state index is 0.228. The third kappa shape index (κ3) is 3.97. The van der Waals surface area contributed by atoms with Crippen molar-refractivity contribution < 1.29 is 9.53 Å². The van der Waals surface area contributed by atoms with E-state index in [1.54, 1.807) is 24.3 Å². The van der Waals surface area contributed by atoms with Gasteiger partial charge in [-0.25, -0.2) is 4.98 Å². The summed E-state index contributed by atoms with van der Waals surface area (Å²) in [6.07, 6.45) is 0.843. The van der Waals surface area contributed by atoms with Crippen LogP contribution in [0.5, 0.6) is 0 Å². The Labute approximate surface area is 146 Å². The van der Waals surface area contributed by atoms with E-state index in [1.165, 1.54) is 0 Å². The number of benzene rings is 2. The van der Waals surface area contributed by atoms with E-state index in [-0.39, 0.29) is 5.91 Å². The summed E-state index contributed by atoms with van der Waals surface area (Å²) < 4.78 is 7.42. The smallest absolute Gasteiger partial charge is 0.258 e. The third-order valence-electron chi connectivity index (χ3n) is 3.90. The molecule has 0 aliphatic carbocycles. The Morgan fingerprint density at radius 3 is 2.88 bits per heavy atom. The molecule has 0 saturated carbocycles. The first-order valence-corrected chi connectivity index (χ1v) is 8.39. The average Bonchev–Trinajstić information content (AvgIpc) is 2.96. The van der Waals surface area contributed by atoms with Crippen LogP contribution in [0.2, 0.25) is 0 Å². The minimum Gasteiger partial charge on any atom is -0.399 e. The molecular weight excluding hydrogens is 316 g/mol. The first kappa shape index (κ1) is 17.0. The number of ether oxygens (including phenoxy) is 1. The molecule has 1 amide bonds. The molecule has 6 heteroatoms. The van der Waals surface area contributed by atoms with Crippen molar-refractivity contribution in [2.45, 2.75) is 19.9 Å². The highest BCUT2D eigenvalue weighted by atomic mass is 16.5. The van der Waals surface area contributed by atoms with Gasteiger partial charge < -0.3 is 15.0 Å². The Bertz CT molecular complexity index is 873. The summed E-state index contributed by atoms with van der Waals surface area (Å²) in [4.78, 5) is 17.1. The second-order valence-corrected chi connectivity index (χ2v) is 5.71. The third-order valence-corrected chi connectivity index (χ3v) is 3.90. The van der Waals surface area contributed by atoms with E-state index in [9.17, 15) is 4.79 Å². The lowest BCUT2D eigenvalue weighted by Gasteiger charge is -2.10. The molecule has 0 bridgehead atoms. The molecule has 130 valence electrons. The summed E-state index contributed by atoms with van der Waals surface area (Å²) in [5, 5.41) is 2.90. The summed E-state index contributed by atoms with van der Waals surface area (Å²) in [5.41, 5.74) is 8.66. The average molecular weight is 338 g/mol. The van der Waals surface area contributed by atoms with Crippen molar-refractivity contribution >= 4 is 28.6 Å². The molecule has 6 nitrogen and oxygen atoms in total. The lowest BCUT2D eigenvalue weighted by molar-refractivity contribution is 0.102. The van der Waals surface area contributed by atoms with E-state index in [2.05, 4.69) is 10.3 Å². The number of rotatable bonds is 7. The minimum atomic E-state index is -0.228. The summed E-state index contributed by atoms with van der Waals surface area (Å²) in [6, 6.07) is 14.7. The van der Waals surface area contributed by atoms with Crippen LogP contribution in [0.15, 0.2) is 48.5 Å². The summed E-state index contributed by atoms with van der Waals surface area (Å²) in [6.45, 7) is 4.06. The molecule has 1 heterocycles. The van der Waals surface area contributed by atoms with Crippen LogP contribution in [0.4, 0.5) is 11.6 Å². The van der Waals surface area contributed by atoms with Crippen molar-refractivity contribution in [3.05, 3.63) is 54.1 Å². The number of carbonyl (C=O) groups excluding carboxylic acids is 1. The van der Waals surface area contributed by atoms with Crippen LogP contribution in [-0.2, 0) is 11.3 Å². The monoisotopic (exact) mass is 338 g/mol. The first-order valence-electron chi connectivity index (χ1n) is 8.39. The van der Waals surface area contributed by atoms with Crippen molar-refractivity contribution in [2.24, 2.45) is 0 Å². The highest BCUT2D eigenvalue weighted by Gasteiger charge is 2.14. The zero-order valence-electron chi connectivity index (χ0n) is 14.2. The second-order valence-electron chi connectivity index (χ2n) is 5.71. The maximum absolute atomic E-state index is 12.5. The van der Waals surface area contributed by atoms with Gasteiger partial charge in [-0.05, 0) is 43.7 Å². The van der Waals surface area contributed by atoms with Crippen molar-refractivity contribution in [2.75, 3.05) is 24.3 Å². The number of nitrogen functional groups attached to an aromatic ring is 1. The summed E-state index contributed by atoms with van der Waals surface area (Å²) in [7, 11) is 0. The van der Waals surface area contributed by atoms with Crippen molar-refractivity contribution in [1.29, 1.82) is 0 Å². The maximum atomic E-state index is 12.5. The van der Waals surface area contributed by atoms with Crippen LogP contribution in [0.3, 0.4) is 0 Å². The molecule has 3 N–H and O–H groups in total. The number of aryl methyl sites for hydroxylation is 1. The Balaban J connectivity index is 1.85. The highest BCUT2D eigenvalue weighted by molar-refractivity contribution is 6.04. The number of imidazole rings is 1. The van der Waals surface area contributed by atoms with Crippen LogP contribution < -0.4 is 11.1 Å². The lowest BCUT2D eigenvalue weighted by atomic mass is 10.2. The van der Waals surface area contributed by atoms with Gasteiger partial charge in [0.25, 0.3) is 5.91 Å². The van der Waals surface area contributed by atoms with Crippen molar-refractivity contribution in [3.63, 3.8) is 0 Å². The van der Waals surface area contributed by atoms with Gasteiger partial charge in [0.1, 0.15) is 0 Å². The molecule has 0 atom stereocenters. The maximum Gasteiger partial charge on any atom is 0.258 e. The Kier molecular flexibility index (Phi) is 5.30. The van der Waals surface area contributed by atoms with Crippen LogP contribution in [-0.4, -0.2) is 28.7 Å². The highest BCUT2D eigenvalue weighted by Crippen LogP contribution is 2.21. The van der Waals surface area contributed by atoms with Gasteiger partial charge >= 0.3 is 0 Å². The molecule has 1 aromatic heterocycles. The van der Waals surface area contributed by atoms with Crippen molar-refractivity contribution in [1.82, 2.24) is 9.55 Å². The number of nitrogens with zero attached hydrogens (tertiary/aromatic N) is 2. The van der Waals surface area contributed by atoms with Gasteiger partial charge in [-0.1, -0.05) is 18.2 Å².